The molecule has 0 radical (unpaired) electrons. The number of fused-ring (bicyclic) bond motifs is 7. The number of allylic oxidation sites excluding steroid dienone is 8. The molecule has 0 bridgehead atoms. The van der Waals surface area contributed by atoms with Crippen LogP contribution in [0.4, 0.5) is 0 Å². The first-order valence-electron chi connectivity index (χ1n) is 14.9. The van der Waals surface area contributed by atoms with Crippen molar-refractivity contribution in [3.63, 3.8) is 0 Å². The highest BCUT2D eigenvalue weighted by molar-refractivity contribution is 6.06. The number of carbonyl (C=O) groups is 1. The van der Waals surface area contributed by atoms with Crippen LogP contribution in [-0.2, 0) is 9.53 Å². The molecule has 4 heteroatoms. The molecule has 4 fully saturated rings. The average Bonchev–Trinajstić information content (AvgIpc) is 2.90. The summed E-state index contributed by atoms with van der Waals surface area (Å²) in [4.78, 5) is 15.2. The summed E-state index contributed by atoms with van der Waals surface area (Å²) < 4.78 is 5.65. The molecule has 1 aliphatic heterocycles. The molecule has 0 aromatic rings. The van der Waals surface area contributed by atoms with E-state index >= 15 is 0 Å². The first-order chi connectivity index (χ1) is 17.8. The van der Waals surface area contributed by atoms with Crippen LogP contribution in [0.25, 0.3) is 0 Å². The molecule has 0 unspecified atom stereocenters. The normalized spacial score (nSPS) is 44.7. The van der Waals surface area contributed by atoms with Gasteiger partial charge in [0.1, 0.15) is 0 Å². The van der Waals surface area contributed by atoms with E-state index in [-0.39, 0.29) is 33.2 Å². The number of hydrogen-bond donors (Lipinski definition) is 1. The fourth-order valence-corrected chi connectivity index (χ4v) is 9.93. The lowest BCUT2D eigenvalue weighted by Crippen LogP contribution is -2.62. The number of carbonyl (C=O) groups excluding carboxylic acids is 1. The minimum Gasteiger partial charge on any atom is -0.504 e. The standard InChI is InChI=1S/C34H47NO3/c1-22-24-8-9-27-32(5,25(24)20-26(36)29(22)37)13-15-34(7)28-21-31(4,23(2)35-16-18-38-19-17-35)11-10-30(28,3)12-14-33(27,34)6/h8-9,20,28,37H,2,10-19,21H2,1,3-7H3/t28-,30-,31-,32+,33-,34+/m1/s1. The molecule has 4 nitrogen and oxygen atoms in total. The number of hydrogen-bond acceptors (Lipinski definition) is 4. The monoisotopic (exact) mass is 517 g/mol. The summed E-state index contributed by atoms with van der Waals surface area (Å²) in [5.74, 6) is 0.285. The van der Waals surface area contributed by atoms with E-state index in [1.807, 2.05) is 6.92 Å². The average molecular weight is 518 g/mol. The van der Waals surface area contributed by atoms with E-state index in [0.29, 0.717) is 11.3 Å². The molecule has 6 atom stereocenters. The summed E-state index contributed by atoms with van der Waals surface area (Å²) in [5, 5.41) is 10.4. The smallest absolute Gasteiger partial charge is 0.220 e. The number of nitrogens with zero attached hydrogens (tertiary/aromatic N) is 1. The molecule has 1 heterocycles. The highest BCUT2D eigenvalue weighted by Crippen LogP contribution is 2.75. The maximum absolute atomic E-state index is 12.7. The summed E-state index contributed by atoms with van der Waals surface area (Å²) in [7, 11) is 0. The van der Waals surface area contributed by atoms with Gasteiger partial charge in [-0.1, -0.05) is 58.9 Å². The van der Waals surface area contributed by atoms with Crippen molar-refractivity contribution in [2.75, 3.05) is 26.3 Å². The van der Waals surface area contributed by atoms with Gasteiger partial charge in [-0.15, -0.1) is 0 Å². The summed E-state index contributed by atoms with van der Waals surface area (Å²) in [6.07, 6.45) is 14.7. The van der Waals surface area contributed by atoms with Crippen LogP contribution >= 0.6 is 0 Å². The number of ether oxygens (including phenoxy) is 1. The Morgan fingerprint density at radius 1 is 1.00 bits per heavy atom. The molecule has 0 spiro atoms. The van der Waals surface area contributed by atoms with Gasteiger partial charge in [0.2, 0.25) is 5.78 Å². The van der Waals surface area contributed by atoms with Gasteiger partial charge in [0.15, 0.2) is 5.76 Å². The number of aliphatic hydroxyl groups excluding tert-OH is 1. The highest BCUT2D eigenvalue weighted by Gasteiger charge is 2.67. The van der Waals surface area contributed by atoms with E-state index in [2.05, 4.69) is 51.7 Å². The predicted octanol–water partition coefficient (Wildman–Crippen LogP) is 7.46. The first-order valence-corrected chi connectivity index (χ1v) is 14.9. The van der Waals surface area contributed by atoms with Gasteiger partial charge in [0.25, 0.3) is 0 Å². The minimum absolute atomic E-state index is 0.0613. The van der Waals surface area contributed by atoms with Crippen molar-refractivity contribution in [2.45, 2.75) is 86.5 Å². The first kappa shape index (κ1) is 26.2. The van der Waals surface area contributed by atoms with Gasteiger partial charge in [-0.3, -0.25) is 4.79 Å². The molecule has 0 aromatic heterocycles. The Labute approximate surface area is 229 Å². The van der Waals surface area contributed by atoms with E-state index < -0.39 is 0 Å². The molecule has 0 amide bonds. The zero-order chi connectivity index (χ0) is 27.3. The lowest BCUT2D eigenvalue weighted by atomic mass is 9.34. The zero-order valence-corrected chi connectivity index (χ0v) is 24.5. The second-order valence-electron chi connectivity index (χ2n) is 14.7. The van der Waals surface area contributed by atoms with Crippen LogP contribution < -0.4 is 0 Å². The Hall–Kier alpha value is -2.07. The van der Waals surface area contributed by atoms with Crippen LogP contribution in [0.3, 0.4) is 0 Å². The van der Waals surface area contributed by atoms with Gasteiger partial charge >= 0.3 is 0 Å². The maximum atomic E-state index is 12.7. The molecule has 6 aliphatic rings. The molecular formula is C34H47NO3. The van der Waals surface area contributed by atoms with Crippen LogP contribution in [0.5, 0.6) is 0 Å². The zero-order valence-electron chi connectivity index (χ0n) is 24.5. The van der Waals surface area contributed by atoms with Crippen LogP contribution in [0, 0.1) is 33.0 Å². The van der Waals surface area contributed by atoms with Gasteiger partial charge in [-0.25, -0.2) is 0 Å². The van der Waals surface area contributed by atoms with Gasteiger partial charge < -0.3 is 14.7 Å². The van der Waals surface area contributed by atoms with E-state index in [9.17, 15) is 9.90 Å². The van der Waals surface area contributed by atoms with Gasteiger partial charge in [0.05, 0.1) is 13.2 Å². The maximum Gasteiger partial charge on any atom is 0.220 e. The van der Waals surface area contributed by atoms with Crippen molar-refractivity contribution in [3.8, 4) is 0 Å². The van der Waals surface area contributed by atoms with Gasteiger partial charge in [0, 0.05) is 35.2 Å². The third-order valence-electron chi connectivity index (χ3n) is 13.0. The SMILES string of the molecule is C=C(N1CCOCC1)[C@]1(C)CC[C@]2(C)CC[C@]3(C)C4=CC=C5C(=CC(=O)C(O)=C5C)[C@]4(C)CC[C@@]3(C)[C@@H]2C1. The largest absolute Gasteiger partial charge is 0.504 e. The van der Waals surface area contributed by atoms with E-state index in [1.54, 1.807) is 6.08 Å². The van der Waals surface area contributed by atoms with E-state index in [1.165, 1.54) is 43.4 Å². The van der Waals surface area contributed by atoms with Crippen molar-refractivity contribution in [1.82, 2.24) is 4.90 Å². The van der Waals surface area contributed by atoms with Crippen LogP contribution in [0.2, 0.25) is 0 Å². The Balaban J connectivity index is 1.40. The Morgan fingerprint density at radius 2 is 1.68 bits per heavy atom. The summed E-state index contributed by atoms with van der Waals surface area (Å²) >= 11 is 0. The van der Waals surface area contributed by atoms with Gasteiger partial charge in [-0.05, 0) is 91.3 Å². The lowest BCUT2D eigenvalue weighted by Gasteiger charge is -2.70. The Bertz CT molecular complexity index is 1230. The molecule has 5 aliphatic carbocycles. The molecule has 1 N–H and O–H groups in total. The highest BCUT2D eigenvalue weighted by atomic mass is 16.5. The van der Waals surface area contributed by atoms with Crippen molar-refractivity contribution < 1.29 is 14.6 Å². The van der Waals surface area contributed by atoms with Crippen molar-refractivity contribution in [1.29, 1.82) is 0 Å². The number of morpholine rings is 1. The number of rotatable bonds is 2. The van der Waals surface area contributed by atoms with Crippen molar-refractivity contribution in [2.24, 2.45) is 33.0 Å². The van der Waals surface area contributed by atoms with E-state index in [0.717, 1.165) is 55.9 Å². The molecule has 0 aromatic carbocycles. The van der Waals surface area contributed by atoms with Crippen LogP contribution in [-0.4, -0.2) is 42.1 Å². The summed E-state index contributed by atoms with van der Waals surface area (Å²) in [6.45, 7) is 22.7. The predicted molar refractivity (Wildman–Crippen MR) is 152 cm³/mol. The second kappa shape index (κ2) is 8.22. The minimum atomic E-state index is -0.239. The third kappa shape index (κ3) is 3.28. The quantitative estimate of drug-likeness (QED) is 0.413. The molecule has 206 valence electrons. The van der Waals surface area contributed by atoms with Crippen molar-refractivity contribution >= 4 is 5.78 Å². The van der Waals surface area contributed by atoms with Gasteiger partial charge in [-0.2, -0.15) is 0 Å². The van der Waals surface area contributed by atoms with Crippen LogP contribution in [0.15, 0.2) is 58.6 Å². The molecule has 6 rings (SSSR count). The summed E-state index contributed by atoms with van der Waals surface area (Å²) in [5.41, 5.74) is 6.29. The molecular weight excluding hydrogens is 470 g/mol. The van der Waals surface area contributed by atoms with Crippen LogP contribution in [0.1, 0.15) is 86.5 Å². The Morgan fingerprint density at radius 3 is 2.39 bits per heavy atom. The number of ketones is 1. The molecule has 38 heavy (non-hydrogen) atoms. The lowest BCUT2D eigenvalue weighted by molar-refractivity contribution is -0.159. The summed E-state index contributed by atoms with van der Waals surface area (Å²) in [6, 6.07) is 0. The van der Waals surface area contributed by atoms with E-state index in [4.69, 9.17) is 11.3 Å². The molecule has 1 saturated heterocycles. The fourth-order valence-electron chi connectivity index (χ4n) is 9.93. The second-order valence-corrected chi connectivity index (χ2v) is 14.7. The molecule has 3 saturated carbocycles. The topological polar surface area (TPSA) is 49.8 Å². The Kier molecular flexibility index (Phi) is 5.66. The fraction of sp³-hybridized carbons (Fsp3) is 0.676. The third-order valence-corrected chi connectivity index (χ3v) is 13.0. The van der Waals surface area contributed by atoms with Crippen molar-refractivity contribution in [3.05, 3.63) is 58.6 Å². The number of aliphatic hydroxyl groups is 1.